The van der Waals surface area contributed by atoms with Gasteiger partial charge in [0.1, 0.15) is 0 Å². The molecule has 0 radical (unpaired) electrons. The van der Waals surface area contributed by atoms with Crippen molar-refractivity contribution in [3.05, 3.63) is 0 Å². The summed E-state index contributed by atoms with van der Waals surface area (Å²) in [6.07, 6.45) is 3.16. The van der Waals surface area contributed by atoms with Crippen LogP contribution in [0.25, 0.3) is 0 Å². The Bertz CT molecular complexity index is 355. The van der Waals surface area contributed by atoms with Gasteiger partial charge in [-0.05, 0) is 24.2 Å². The molecule has 1 atom stereocenters. The van der Waals surface area contributed by atoms with Gasteiger partial charge in [-0.2, -0.15) is 0 Å². The third kappa shape index (κ3) is 4.39. The molecular formula is C15H28N2O3. The van der Waals surface area contributed by atoms with Crippen molar-refractivity contribution in [3.8, 4) is 0 Å². The Balaban J connectivity index is 2.38. The second-order valence-corrected chi connectivity index (χ2v) is 7.12. The van der Waals surface area contributed by atoms with Gasteiger partial charge in [0.25, 0.3) is 0 Å². The summed E-state index contributed by atoms with van der Waals surface area (Å²) in [5.74, 6) is -0.438. The Labute approximate surface area is 121 Å². The number of hydrogen-bond acceptors (Lipinski definition) is 2. The first-order valence-electron chi connectivity index (χ1n) is 7.42. The number of amides is 2. The van der Waals surface area contributed by atoms with E-state index in [0.29, 0.717) is 25.3 Å². The minimum absolute atomic E-state index is 0.140. The topological polar surface area (TPSA) is 78.4 Å². The molecule has 0 aliphatic heterocycles. The van der Waals surface area contributed by atoms with Crippen LogP contribution in [0.15, 0.2) is 0 Å². The SMILES string of the molecule is CC(CNC(=O)NCC1(C(=O)O)CCCC1)C(C)(C)C. The molecule has 0 saturated heterocycles. The fourth-order valence-corrected chi connectivity index (χ4v) is 2.38. The molecule has 1 saturated carbocycles. The first-order valence-corrected chi connectivity index (χ1v) is 7.42. The third-order valence-electron chi connectivity index (χ3n) is 4.65. The van der Waals surface area contributed by atoms with E-state index in [0.717, 1.165) is 12.8 Å². The maximum absolute atomic E-state index is 11.8. The van der Waals surface area contributed by atoms with Crippen molar-refractivity contribution in [2.45, 2.75) is 53.4 Å². The number of carbonyl (C=O) groups excluding carboxylic acids is 1. The fourth-order valence-electron chi connectivity index (χ4n) is 2.38. The van der Waals surface area contributed by atoms with Crippen molar-refractivity contribution >= 4 is 12.0 Å². The van der Waals surface area contributed by atoms with Crippen molar-refractivity contribution < 1.29 is 14.7 Å². The lowest BCUT2D eigenvalue weighted by Crippen LogP contribution is -2.46. The van der Waals surface area contributed by atoms with Crippen LogP contribution in [-0.4, -0.2) is 30.2 Å². The van der Waals surface area contributed by atoms with E-state index in [-0.39, 0.29) is 18.0 Å². The van der Waals surface area contributed by atoms with Crippen LogP contribution in [0.4, 0.5) is 4.79 Å². The summed E-state index contributed by atoms with van der Waals surface area (Å²) >= 11 is 0. The molecule has 0 heterocycles. The molecule has 0 bridgehead atoms. The van der Waals surface area contributed by atoms with Crippen LogP contribution in [0.1, 0.15) is 53.4 Å². The van der Waals surface area contributed by atoms with Gasteiger partial charge in [-0.25, -0.2) is 4.79 Å². The first kappa shape index (κ1) is 16.8. The Hall–Kier alpha value is -1.26. The first-order chi connectivity index (χ1) is 9.17. The van der Waals surface area contributed by atoms with Crippen molar-refractivity contribution in [2.24, 2.45) is 16.7 Å². The van der Waals surface area contributed by atoms with Crippen molar-refractivity contribution in [1.82, 2.24) is 10.6 Å². The number of nitrogens with one attached hydrogen (secondary N) is 2. The molecule has 0 aromatic rings. The molecule has 1 aliphatic rings. The van der Waals surface area contributed by atoms with E-state index in [4.69, 9.17) is 0 Å². The van der Waals surface area contributed by atoms with Crippen LogP contribution in [0.2, 0.25) is 0 Å². The van der Waals surface area contributed by atoms with Crippen molar-refractivity contribution in [2.75, 3.05) is 13.1 Å². The van der Waals surface area contributed by atoms with Crippen LogP contribution in [0.3, 0.4) is 0 Å². The Kier molecular flexibility index (Phi) is 5.42. The molecule has 0 spiro atoms. The second-order valence-electron chi connectivity index (χ2n) is 7.12. The lowest BCUT2D eigenvalue weighted by molar-refractivity contribution is -0.148. The quantitative estimate of drug-likeness (QED) is 0.726. The van der Waals surface area contributed by atoms with E-state index in [2.05, 4.69) is 38.3 Å². The van der Waals surface area contributed by atoms with Crippen LogP contribution >= 0.6 is 0 Å². The largest absolute Gasteiger partial charge is 0.481 e. The lowest BCUT2D eigenvalue weighted by Gasteiger charge is -2.28. The highest BCUT2D eigenvalue weighted by atomic mass is 16.4. The van der Waals surface area contributed by atoms with Crippen LogP contribution in [0.5, 0.6) is 0 Å². The highest BCUT2D eigenvalue weighted by Gasteiger charge is 2.41. The van der Waals surface area contributed by atoms with Gasteiger partial charge in [0, 0.05) is 13.1 Å². The average Bonchev–Trinajstić information content (AvgIpc) is 2.82. The third-order valence-corrected chi connectivity index (χ3v) is 4.65. The van der Waals surface area contributed by atoms with E-state index in [1.54, 1.807) is 0 Å². The van der Waals surface area contributed by atoms with Crippen molar-refractivity contribution in [3.63, 3.8) is 0 Å². The monoisotopic (exact) mass is 284 g/mol. The Morgan fingerprint density at radius 2 is 1.75 bits per heavy atom. The molecule has 2 amide bonds. The molecular weight excluding hydrogens is 256 g/mol. The molecule has 0 aromatic carbocycles. The van der Waals surface area contributed by atoms with Gasteiger partial charge < -0.3 is 15.7 Å². The molecule has 20 heavy (non-hydrogen) atoms. The van der Waals surface area contributed by atoms with Crippen LogP contribution in [0, 0.1) is 16.7 Å². The maximum atomic E-state index is 11.8. The molecule has 1 rings (SSSR count). The van der Waals surface area contributed by atoms with E-state index < -0.39 is 11.4 Å². The minimum atomic E-state index is -0.793. The van der Waals surface area contributed by atoms with E-state index >= 15 is 0 Å². The highest BCUT2D eigenvalue weighted by molar-refractivity contribution is 5.78. The minimum Gasteiger partial charge on any atom is -0.481 e. The summed E-state index contributed by atoms with van der Waals surface area (Å²) < 4.78 is 0. The van der Waals surface area contributed by atoms with Gasteiger partial charge in [-0.15, -0.1) is 0 Å². The standard InChI is InChI=1S/C15H28N2O3/c1-11(14(2,3)4)9-16-13(20)17-10-15(12(18)19)7-5-6-8-15/h11H,5-10H2,1-4H3,(H,18,19)(H2,16,17,20). The fraction of sp³-hybridized carbons (Fsp3) is 0.867. The Morgan fingerprint density at radius 3 is 2.20 bits per heavy atom. The smallest absolute Gasteiger partial charge is 0.314 e. The molecule has 1 unspecified atom stereocenters. The number of rotatable bonds is 5. The van der Waals surface area contributed by atoms with Gasteiger partial charge in [0.2, 0.25) is 0 Å². The molecule has 116 valence electrons. The molecule has 5 nitrogen and oxygen atoms in total. The number of hydrogen-bond donors (Lipinski definition) is 3. The normalized spacial score (nSPS) is 19.4. The van der Waals surface area contributed by atoms with E-state index in [9.17, 15) is 14.7 Å². The molecule has 5 heteroatoms. The molecule has 0 aromatic heterocycles. The van der Waals surface area contributed by atoms with Gasteiger partial charge in [0.15, 0.2) is 0 Å². The predicted molar refractivity (Wildman–Crippen MR) is 78.6 cm³/mol. The van der Waals surface area contributed by atoms with E-state index in [1.165, 1.54) is 0 Å². The highest BCUT2D eigenvalue weighted by Crippen LogP contribution is 2.37. The van der Waals surface area contributed by atoms with Crippen molar-refractivity contribution in [1.29, 1.82) is 0 Å². The number of aliphatic carboxylic acids is 1. The zero-order valence-electron chi connectivity index (χ0n) is 13.1. The zero-order valence-corrected chi connectivity index (χ0v) is 13.1. The Morgan fingerprint density at radius 1 is 1.20 bits per heavy atom. The summed E-state index contributed by atoms with van der Waals surface area (Å²) in [4.78, 5) is 23.1. The number of carbonyl (C=O) groups is 2. The average molecular weight is 284 g/mol. The van der Waals surface area contributed by atoms with E-state index in [1.807, 2.05) is 0 Å². The van der Waals surface area contributed by atoms with Crippen LogP contribution < -0.4 is 10.6 Å². The summed E-state index contributed by atoms with van der Waals surface area (Å²) in [5, 5.41) is 14.9. The number of carboxylic acid groups (broad SMARTS) is 1. The predicted octanol–water partition coefficient (Wildman–Crippen LogP) is 2.61. The maximum Gasteiger partial charge on any atom is 0.314 e. The zero-order chi connectivity index (χ0) is 15.4. The summed E-state index contributed by atoms with van der Waals surface area (Å²) in [5.41, 5.74) is -0.617. The summed E-state index contributed by atoms with van der Waals surface area (Å²) in [6, 6.07) is -0.270. The van der Waals surface area contributed by atoms with Crippen LogP contribution in [-0.2, 0) is 4.79 Å². The van der Waals surface area contributed by atoms with Gasteiger partial charge in [-0.1, -0.05) is 40.5 Å². The lowest BCUT2D eigenvalue weighted by atomic mass is 9.82. The molecule has 1 aliphatic carbocycles. The molecule has 1 fully saturated rings. The van der Waals surface area contributed by atoms with Gasteiger partial charge in [-0.3, -0.25) is 4.79 Å². The summed E-state index contributed by atoms with van der Waals surface area (Å²) in [6.45, 7) is 9.31. The number of carboxylic acids is 1. The number of urea groups is 1. The second kappa shape index (κ2) is 6.46. The van der Waals surface area contributed by atoms with Gasteiger partial charge in [0.05, 0.1) is 5.41 Å². The van der Waals surface area contributed by atoms with Gasteiger partial charge >= 0.3 is 12.0 Å². The molecule has 3 N–H and O–H groups in total. The summed E-state index contributed by atoms with van der Waals surface area (Å²) in [7, 11) is 0.